The van der Waals surface area contributed by atoms with E-state index in [-0.39, 0.29) is 5.82 Å². The first-order valence-corrected chi connectivity index (χ1v) is 3.76. The lowest BCUT2D eigenvalue weighted by atomic mass is 10.3. The van der Waals surface area contributed by atoms with Gasteiger partial charge in [-0.3, -0.25) is 10.7 Å². The van der Waals surface area contributed by atoms with E-state index in [1.165, 1.54) is 19.3 Å². The van der Waals surface area contributed by atoms with Crippen molar-refractivity contribution in [1.82, 2.24) is 9.97 Å². The molecule has 0 spiro atoms. The van der Waals surface area contributed by atoms with E-state index in [1.54, 1.807) is 13.3 Å². The van der Waals surface area contributed by atoms with Gasteiger partial charge in [-0.05, 0) is 6.92 Å². The van der Waals surface area contributed by atoms with Crippen LogP contribution in [0.2, 0.25) is 0 Å². The number of nitrogens with zero attached hydrogens (tertiary/aromatic N) is 3. The Labute approximate surface area is 75.7 Å². The standard InChI is InChI=1S/C8H11FN4/c1-8(9,10)7-12-4-6(3-11-2)5-13-7/h3-5H,10H2,1-2H3/b11-3+. The van der Waals surface area contributed by atoms with Gasteiger partial charge in [-0.15, -0.1) is 0 Å². The van der Waals surface area contributed by atoms with E-state index < -0.39 is 5.79 Å². The molecule has 2 N–H and O–H groups in total. The maximum absolute atomic E-state index is 13.1. The molecule has 0 aromatic carbocycles. The number of hydrogen-bond acceptors (Lipinski definition) is 4. The summed E-state index contributed by atoms with van der Waals surface area (Å²) in [5, 5.41) is 0. The summed E-state index contributed by atoms with van der Waals surface area (Å²) in [5.41, 5.74) is 5.87. The Balaban J connectivity index is 2.94. The maximum Gasteiger partial charge on any atom is 0.216 e. The summed E-state index contributed by atoms with van der Waals surface area (Å²) in [7, 11) is 1.64. The van der Waals surface area contributed by atoms with Gasteiger partial charge in [0.2, 0.25) is 5.79 Å². The van der Waals surface area contributed by atoms with Crippen LogP contribution >= 0.6 is 0 Å². The first-order chi connectivity index (χ1) is 6.04. The van der Waals surface area contributed by atoms with Crippen LogP contribution in [0.4, 0.5) is 4.39 Å². The molecule has 0 radical (unpaired) electrons. The molecule has 0 fully saturated rings. The number of aliphatic imine (C=N–C) groups is 1. The van der Waals surface area contributed by atoms with Crippen LogP contribution in [0.3, 0.4) is 0 Å². The second-order valence-corrected chi connectivity index (χ2v) is 2.80. The molecule has 0 saturated heterocycles. The third-order valence-corrected chi connectivity index (χ3v) is 1.39. The number of nitrogens with two attached hydrogens (primary N) is 1. The molecule has 1 atom stereocenters. The van der Waals surface area contributed by atoms with Gasteiger partial charge in [-0.2, -0.15) is 0 Å². The van der Waals surface area contributed by atoms with E-state index in [0.29, 0.717) is 0 Å². The first-order valence-electron chi connectivity index (χ1n) is 3.76. The molecule has 1 heterocycles. The molecule has 1 aromatic rings. The largest absolute Gasteiger partial charge is 0.296 e. The van der Waals surface area contributed by atoms with E-state index in [0.717, 1.165) is 5.56 Å². The lowest BCUT2D eigenvalue weighted by molar-refractivity contribution is 0.188. The number of rotatable bonds is 2. The van der Waals surface area contributed by atoms with Crippen LogP contribution in [0.1, 0.15) is 18.3 Å². The summed E-state index contributed by atoms with van der Waals surface area (Å²) >= 11 is 0. The van der Waals surface area contributed by atoms with Gasteiger partial charge in [0.25, 0.3) is 0 Å². The lowest BCUT2D eigenvalue weighted by Crippen LogP contribution is -2.29. The van der Waals surface area contributed by atoms with Crippen molar-refractivity contribution in [3.05, 3.63) is 23.8 Å². The average Bonchev–Trinajstić information content (AvgIpc) is 2.04. The topological polar surface area (TPSA) is 64.2 Å². The van der Waals surface area contributed by atoms with E-state index in [9.17, 15) is 4.39 Å². The molecule has 1 unspecified atom stereocenters. The van der Waals surface area contributed by atoms with Crippen LogP contribution in [0.15, 0.2) is 17.4 Å². The molecule has 13 heavy (non-hydrogen) atoms. The highest BCUT2D eigenvalue weighted by Gasteiger charge is 2.22. The zero-order chi connectivity index (χ0) is 9.90. The lowest BCUT2D eigenvalue weighted by Gasteiger charge is -2.11. The minimum atomic E-state index is -1.98. The Morgan fingerprint density at radius 3 is 2.46 bits per heavy atom. The minimum Gasteiger partial charge on any atom is -0.296 e. The Bertz CT molecular complexity index is 299. The molecule has 1 aromatic heterocycles. The fourth-order valence-corrected chi connectivity index (χ4v) is 0.806. The second kappa shape index (κ2) is 3.57. The summed E-state index contributed by atoms with van der Waals surface area (Å²) in [6.07, 6.45) is 4.52. The molecule has 0 saturated carbocycles. The predicted octanol–water partition coefficient (Wildman–Crippen LogP) is 0.626. The fourth-order valence-electron chi connectivity index (χ4n) is 0.806. The highest BCUT2D eigenvalue weighted by molar-refractivity contribution is 5.78. The highest BCUT2D eigenvalue weighted by Crippen LogP contribution is 2.12. The van der Waals surface area contributed by atoms with Crippen LogP contribution in [0, 0.1) is 0 Å². The monoisotopic (exact) mass is 182 g/mol. The van der Waals surface area contributed by atoms with Crippen molar-refractivity contribution in [3.63, 3.8) is 0 Å². The van der Waals surface area contributed by atoms with Gasteiger partial charge in [0.15, 0.2) is 5.82 Å². The number of hydrogen-bond donors (Lipinski definition) is 1. The third-order valence-electron chi connectivity index (χ3n) is 1.39. The summed E-state index contributed by atoms with van der Waals surface area (Å²) in [5.74, 6) is -2.01. The quantitative estimate of drug-likeness (QED) is 0.538. The van der Waals surface area contributed by atoms with Crippen LogP contribution in [-0.2, 0) is 5.79 Å². The van der Waals surface area contributed by atoms with Crippen molar-refractivity contribution < 1.29 is 4.39 Å². The molecule has 70 valence electrons. The van der Waals surface area contributed by atoms with E-state index >= 15 is 0 Å². The van der Waals surface area contributed by atoms with E-state index in [4.69, 9.17) is 5.73 Å². The molecule has 0 aliphatic carbocycles. The van der Waals surface area contributed by atoms with Crippen molar-refractivity contribution in [2.24, 2.45) is 10.7 Å². The Morgan fingerprint density at radius 2 is 2.08 bits per heavy atom. The molecule has 0 amide bonds. The Hall–Kier alpha value is -1.36. The molecule has 0 bridgehead atoms. The molecule has 0 aliphatic heterocycles. The average molecular weight is 182 g/mol. The number of aromatic nitrogens is 2. The number of alkyl halides is 1. The summed E-state index contributed by atoms with van der Waals surface area (Å²) < 4.78 is 13.1. The van der Waals surface area contributed by atoms with Gasteiger partial charge in [0, 0.05) is 31.2 Å². The van der Waals surface area contributed by atoms with Crippen LogP contribution in [0.25, 0.3) is 0 Å². The Morgan fingerprint density at radius 1 is 1.54 bits per heavy atom. The molecule has 5 heteroatoms. The van der Waals surface area contributed by atoms with Crippen molar-refractivity contribution in [2.75, 3.05) is 7.05 Å². The fraction of sp³-hybridized carbons (Fsp3) is 0.375. The van der Waals surface area contributed by atoms with Crippen LogP contribution < -0.4 is 5.73 Å². The van der Waals surface area contributed by atoms with Gasteiger partial charge in [-0.25, -0.2) is 14.4 Å². The zero-order valence-electron chi connectivity index (χ0n) is 7.53. The maximum atomic E-state index is 13.1. The summed E-state index contributed by atoms with van der Waals surface area (Å²) in [4.78, 5) is 11.3. The summed E-state index contributed by atoms with van der Waals surface area (Å²) in [6.45, 7) is 1.20. The molecule has 1 rings (SSSR count). The molecule has 0 aliphatic rings. The zero-order valence-corrected chi connectivity index (χ0v) is 7.53. The Kier molecular flexibility index (Phi) is 2.67. The van der Waals surface area contributed by atoms with E-state index in [1.807, 2.05) is 0 Å². The smallest absolute Gasteiger partial charge is 0.216 e. The minimum absolute atomic E-state index is 0.0271. The number of halogens is 1. The van der Waals surface area contributed by atoms with Crippen molar-refractivity contribution in [2.45, 2.75) is 12.7 Å². The second-order valence-electron chi connectivity index (χ2n) is 2.80. The summed E-state index contributed by atoms with van der Waals surface area (Å²) in [6, 6.07) is 0. The normalized spacial score (nSPS) is 16.0. The first kappa shape index (κ1) is 9.73. The van der Waals surface area contributed by atoms with E-state index in [2.05, 4.69) is 15.0 Å². The van der Waals surface area contributed by atoms with Gasteiger partial charge in [0.1, 0.15) is 0 Å². The van der Waals surface area contributed by atoms with Crippen molar-refractivity contribution in [1.29, 1.82) is 0 Å². The SMILES string of the molecule is C/N=C/c1cnc(C(C)(N)F)nc1. The van der Waals surface area contributed by atoms with Crippen molar-refractivity contribution >= 4 is 6.21 Å². The molecular formula is C8H11FN4. The van der Waals surface area contributed by atoms with Crippen molar-refractivity contribution in [3.8, 4) is 0 Å². The molecular weight excluding hydrogens is 171 g/mol. The highest BCUT2D eigenvalue weighted by atomic mass is 19.1. The van der Waals surface area contributed by atoms with Crippen LogP contribution in [-0.4, -0.2) is 23.2 Å². The predicted molar refractivity (Wildman–Crippen MR) is 48.2 cm³/mol. The van der Waals surface area contributed by atoms with Gasteiger partial charge in [0.05, 0.1) is 0 Å². The van der Waals surface area contributed by atoms with Gasteiger partial charge < -0.3 is 0 Å². The van der Waals surface area contributed by atoms with Crippen LogP contribution in [0.5, 0.6) is 0 Å². The molecule has 4 nitrogen and oxygen atoms in total. The van der Waals surface area contributed by atoms with Gasteiger partial charge >= 0.3 is 0 Å². The van der Waals surface area contributed by atoms with Gasteiger partial charge in [-0.1, -0.05) is 0 Å². The third kappa shape index (κ3) is 2.55.